The number of aromatic carboxylic acids is 1. The lowest BCUT2D eigenvalue weighted by Gasteiger charge is -2.10. The minimum atomic E-state index is -1.19. The number of nitro groups is 1. The summed E-state index contributed by atoms with van der Waals surface area (Å²) in [7, 11) is 1.32. The molecule has 0 aliphatic carbocycles. The highest BCUT2D eigenvalue weighted by atomic mass is 16.6. The molecule has 10 nitrogen and oxygen atoms in total. The molecule has 2 N–H and O–H groups in total. The number of amides is 1. The van der Waals surface area contributed by atoms with Gasteiger partial charge < -0.3 is 15.2 Å². The van der Waals surface area contributed by atoms with Gasteiger partial charge in [0, 0.05) is 12.3 Å². The van der Waals surface area contributed by atoms with E-state index in [2.05, 4.69) is 10.4 Å². The number of benzene rings is 1. The maximum Gasteiger partial charge on any atom is 0.356 e. The number of hydrogen-bond donors (Lipinski definition) is 2. The van der Waals surface area contributed by atoms with Crippen LogP contribution in [0.5, 0.6) is 5.75 Å². The van der Waals surface area contributed by atoms with Crippen molar-refractivity contribution in [1.82, 2.24) is 9.78 Å². The third-order valence-corrected chi connectivity index (χ3v) is 2.84. The Morgan fingerprint density at radius 2 is 2.17 bits per heavy atom. The molecule has 10 heteroatoms. The van der Waals surface area contributed by atoms with E-state index in [0.717, 1.165) is 4.68 Å². The highest BCUT2D eigenvalue weighted by molar-refractivity contribution is 5.92. The minimum absolute atomic E-state index is 0.138. The van der Waals surface area contributed by atoms with Crippen LogP contribution in [0, 0.1) is 10.1 Å². The number of nitrogens with zero attached hydrogens (tertiary/aromatic N) is 3. The number of hydrogen-bond acceptors (Lipinski definition) is 6. The molecular formula is C13H12N4O6. The van der Waals surface area contributed by atoms with E-state index < -0.39 is 16.8 Å². The predicted octanol–water partition coefficient (Wildman–Crippen LogP) is 1.14. The minimum Gasteiger partial charge on any atom is -0.494 e. The Hall–Kier alpha value is -3.43. The molecule has 1 aromatic heterocycles. The fourth-order valence-electron chi connectivity index (χ4n) is 1.80. The molecular weight excluding hydrogens is 308 g/mol. The van der Waals surface area contributed by atoms with E-state index in [0.29, 0.717) is 0 Å². The first kappa shape index (κ1) is 15.9. The molecule has 23 heavy (non-hydrogen) atoms. The van der Waals surface area contributed by atoms with Crippen LogP contribution in [-0.2, 0) is 11.3 Å². The molecule has 0 aliphatic heterocycles. The first-order valence-corrected chi connectivity index (χ1v) is 6.29. The van der Waals surface area contributed by atoms with Gasteiger partial charge in [-0.05, 0) is 12.1 Å². The molecule has 0 saturated carbocycles. The Kier molecular flexibility index (Phi) is 4.55. The Morgan fingerprint density at radius 1 is 1.43 bits per heavy atom. The number of carboxylic acids is 1. The zero-order chi connectivity index (χ0) is 17.0. The Labute approximate surface area is 129 Å². The lowest BCUT2D eigenvalue weighted by atomic mass is 10.2. The lowest BCUT2D eigenvalue weighted by Crippen LogP contribution is -2.19. The van der Waals surface area contributed by atoms with E-state index in [1.54, 1.807) is 0 Å². The average molecular weight is 320 g/mol. The van der Waals surface area contributed by atoms with Gasteiger partial charge in [-0.15, -0.1) is 0 Å². The van der Waals surface area contributed by atoms with Crippen molar-refractivity contribution in [2.45, 2.75) is 6.54 Å². The lowest BCUT2D eigenvalue weighted by molar-refractivity contribution is -0.384. The van der Waals surface area contributed by atoms with Crippen molar-refractivity contribution in [2.24, 2.45) is 0 Å². The number of aromatic nitrogens is 2. The second kappa shape index (κ2) is 6.56. The molecule has 1 aromatic carbocycles. The predicted molar refractivity (Wildman–Crippen MR) is 77.5 cm³/mol. The molecule has 0 unspecified atom stereocenters. The molecule has 0 fully saturated rings. The molecule has 0 saturated heterocycles. The Bertz CT molecular complexity index is 770. The van der Waals surface area contributed by atoms with Gasteiger partial charge in [-0.3, -0.25) is 19.6 Å². The van der Waals surface area contributed by atoms with Crippen LogP contribution in [0.2, 0.25) is 0 Å². The van der Waals surface area contributed by atoms with Gasteiger partial charge in [0.05, 0.1) is 23.8 Å². The molecule has 2 aromatic rings. The van der Waals surface area contributed by atoms with Gasteiger partial charge in [-0.2, -0.15) is 5.10 Å². The summed E-state index contributed by atoms with van der Waals surface area (Å²) in [5.74, 6) is -1.54. The fourth-order valence-corrected chi connectivity index (χ4v) is 1.80. The van der Waals surface area contributed by atoms with Crippen molar-refractivity contribution >= 4 is 23.3 Å². The maximum atomic E-state index is 11.9. The summed E-state index contributed by atoms with van der Waals surface area (Å²) in [6.45, 7) is -0.215. The van der Waals surface area contributed by atoms with Gasteiger partial charge in [0.1, 0.15) is 12.3 Å². The molecule has 1 heterocycles. The van der Waals surface area contributed by atoms with E-state index >= 15 is 0 Å². The van der Waals surface area contributed by atoms with Crippen molar-refractivity contribution in [3.63, 3.8) is 0 Å². The van der Waals surface area contributed by atoms with Gasteiger partial charge >= 0.3 is 5.97 Å². The normalized spacial score (nSPS) is 10.1. The third kappa shape index (κ3) is 3.81. The number of non-ortho nitro benzene ring substituents is 1. The second-order valence-corrected chi connectivity index (χ2v) is 4.39. The summed E-state index contributed by atoms with van der Waals surface area (Å²) in [6, 6.07) is 5.03. The molecule has 0 atom stereocenters. The zero-order valence-corrected chi connectivity index (χ0v) is 11.9. The van der Waals surface area contributed by atoms with Crippen LogP contribution in [0.15, 0.2) is 30.5 Å². The van der Waals surface area contributed by atoms with Gasteiger partial charge in [0.25, 0.3) is 5.69 Å². The largest absolute Gasteiger partial charge is 0.494 e. The van der Waals surface area contributed by atoms with E-state index in [9.17, 15) is 19.7 Å². The van der Waals surface area contributed by atoms with Crippen LogP contribution >= 0.6 is 0 Å². The number of carbonyl (C=O) groups excluding carboxylic acids is 1. The standard InChI is InChI=1S/C13H12N4O6/c1-23-11-6-8(17(21)22)2-3-9(11)14-12(18)7-16-5-4-10(15-16)13(19)20/h2-6H,7H2,1H3,(H,14,18)(H,19,20). The molecule has 2 rings (SSSR count). The number of nitro benzene ring substituents is 1. The summed E-state index contributed by atoms with van der Waals surface area (Å²) in [5.41, 5.74) is -0.0857. The van der Waals surface area contributed by atoms with Crippen molar-refractivity contribution in [2.75, 3.05) is 12.4 Å². The van der Waals surface area contributed by atoms with Crippen molar-refractivity contribution in [3.05, 3.63) is 46.3 Å². The fraction of sp³-hybridized carbons (Fsp3) is 0.154. The van der Waals surface area contributed by atoms with E-state index in [1.807, 2.05) is 0 Å². The summed E-state index contributed by atoms with van der Waals surface area (Å²) in [6.07, 6.45) is 1.36. The number of carboxylic acid groups (broad SMARTS) is 1. The Morgan fingerprint density at radius 3 is 2.74 bits per heavy atom. The molecule has 0 radical (unpaired) electrons. The highest BCUT2D eigenvalue weighted by Crippen LogP contribution is 2.28. The van der Waals surface area contributed by atoms with Crippen LogP contribution in [0.4, 0.5) is 11.4 Å². The summed E-state index contributed by atoms with van der Waals surface area (Å²) in [4.78, 5) is 32.8. The van der Waals surface area contributed by atoms with Crippen molar-refractivity contribution in [1.29, 1.82) is 0 Å². The van der Waals surface area contributed by atoms with Crippen LogP contribution < -0.4 is 10.1 Å². The average Bonchev–Trinajstić information content (AvgIpc) is 2.96. The number of nitrogens with one attached hydrogen (secondary N) is 1. The number of methoxy groups -OCH3 is 1. The summed E-state index contributed by atoms with van der Waals surface area (Å²) >= 11 is 0. The third-order valence-electron chi connectivity index (χ3n) is 2.84. The first-order valence-electron chi connectivity index (χ1n) is 6.29. The molecule has 1 amide bonds. The smallest absolute Gasteiger partial charge is 0.356 e. The molecule has 0 aliphatic rings. The van der Waals surface area contributed by atoms with Gasteiger partial charge in [-0.25, -0.2) is 4.79 Å². The maximum absolute atomic E-state index is 11.9. The van der Waals surface area contributed by atoms with Gasteiger partial charge in [0.15, 0.2) is 5.69 Å². The molecule has 0 bridgehead atoms. The Balaban J connectivity index is 2.10. The van der Waals surface area contributed by atoms with E-state index in [1.165, 1.54) is 37.6 Å². The summed E-state index contributed by atoms with van der Waals surface area (Å²) in [5, 5.41) is 25.7. The SMILES string of the molecule is COc1cc([N+](=O)[O-])ccc1NC(=O)Cn1ccc(C(=O)O)n1. The number of carbonyl (C=O) groups is 2. The summed E-state index contributed by atoms with van der Waals surface area (Å²) < 4.78 is 6.17. The molecule has 120 valence electrons. The number of rotatable bonds is 6. The zero-order valence-electron chi connectivity index (χ0n) is 11.9. The van der Waals surface area contributed by atoms with Crippen LogP contribution in [0.1, 0.15) is 10.5 Å². The van der Waals surface area contributed by atoms with Crippen LogP contribution in [0.25, 0.3) is 0 Å². The van der Waals surface area contributed by atoms with Crippen LogP contribution in [-0.4, -0.2) is 38.8 Å². The first-order chi connectivity index (χ1) is 10.9. The number of anilines is 1. The quantitative estimate of drug-likeness (QED) is 0.601. The van der Waals surface area contributed by atoms with Gasteiger partial charge in [0.2, 0.25) is 5.91 Å². The van der Waals surface area contributed by atoms with Crippen molar-refractivity contribution in [3.8, 4) is 5.75 Å². The van der Waals surface area contributed by atoms with Crippen molar-refractivity contribution < 1.29 is 24.4 Å². The van der Waals surface area contributed by atoms with Crippen LogP contribution in [0.3, 0.4) is 0 Å². The van der Waals surface area contributed by atoms with E-state index in [-0.39, 0.29) is 29.4 Å². The second-order valence-electron chi connectivity index (χ2n) is 4.39. The van der Waals surface area contributed by atoms with Gasteiger partial charge in [-0.1, -0.05) is 0 Å². The highest BCUT2D eigenvalue weighted by Gasteiger charge is 2.14. The monoisotopic (exact) mass is 320 g/mol. The number of ether oxygens (including phenoxy) is 1. The molecule has 0 spiro atoms. The van der Waals surface area contributed by atoms with E-state index in [4.69, 9.17) is 9.84 Å². The topological polar surface area (TPSA) is 137 Å².